The Morgan fingerprint density at radius 3 is 2.84 bits per heavy atom. The van der Waals surface area contributed by atoms with E-state index >= 15 is 0 Å². The van der Waals surface area contributed by atoms with E-state index in [0.717, 1.165) is 0 Å². The van der Waals surface area contributed by atoms with E-state index in [1.807, 2.05) is 0 Å². The second-order valence-electron chi connectivity index (χ2n) is 4.28. The van der Waals surface area contributed by atoms with Crippen molar-refractivity contribution in [3.05, 3.63) is 29.8 Å². The fourth-order valence-corrected chi connectivity index (χ4v) is 2.00. The lowest BCUT2D eigenvalue weighted by molar-refractivity contribution is -0.121. The maximum absolute atomic E-state index is 12.1. The number of benzene rings is 1. The molecule has 1 aromatic rings. The average molecular weight is 269 g/mol. The van der Waals surface area contributed by atoms with Crippen LogP contribution in [-0.2, 0) is 4.79 Å². The molecule has 4 nitrogen and oxygen atoms in total. The molecule has 0 unspecified atom stereocenters. The molecule has 0 saturated carbocycles. The maximum atomic E-state index is 12.1. The van der Waals surface area contributed by atoms with Crippen molar-refractivity contribution in [2.24, 2.45) is 0 Å². The van der Waals surface area contributed by atoms with Gasteiger partial charge in [-0.2, -0.15) is 8.78 Å². The number of amides is 1. The van der Waals surface area contributed by atoms with Crippen LogP contribution in [0.3, 0.4) is 0 Å². The standard InChI is InChI=1S/C13H13F2NO3/c14-13(15)19-11-5-1-3-9(7-11)12(18)16-6-2-4-10(17)8-16/h1,3,5,7,13H,2,4,6,8H2. The van der Waals surface area contributed by atoms with Gasteiger partial charge in [-0.1, -0.05) is 6.07 Å². The lowest BCUT2D eigenvalue weighted by Crippen LogP contribution is -2.40. The number of alkyl halides is 2. The van der Waals surface area contributed by atoms with Gasteiger partial charge in [-0.05, 0) is 24.6 Å². The van der Waals surface area contributed by atoms with Crippen molar-refractivity contribution < 1.29 is 23.1 Å². The van der Waals surface area contributed by atoms with E-state index in [1.54, 1.807) is 0 Å². The Labute approximate surface area is 109 Å². The van der Waals surface area contributed by atoms with E-state index in [0.29, 0.717) is 19.4 Å². The predicted octanol–water partition coefficient (Wildman–Crippen LogP) is 2.09. The second-order valence-corrected chi connectivity index (χ2v) is 4.28. The molecule has 0 aliphatic carbocycles. The van der Waals surface area contributed by atoms with Crippen LogP contribution in [0.5, 0.6) is 5.75 Å². The zero-order chi connectivity index (χ0) is 13.8. The molecule has 0 bridgehead atoms. The highest BCUT2D eigenvalue weighted by Crippen LogP contribution is 2.18. The smallest absolute Gasteiger partial charge is 0.387 e. The summed E-state index contributed by atoms with van der Waals surface area (Å²) in [4.78, 5) is 24.8. The number of piperidine rings is 1. The Hall–Kier alpha value is -1.98. The van der Waals surface area contributed by atoms with Crippen LogP contribution in [0.1, 0.15) is 23.2 Å². The fraction of sp³-hybridized carbons (Fsp3) is 0.385. The van der Waals surface area contributed by atoms with Crippen molar-refractivity contribution in [1.29, 1.82) is 0 Å². The zero-order valence-electron chi connectivity index (χ0n) is 10.1. The van der Waals surface area contributed by atoms with E-state index in [1.165, 1.54) is 29.2 Å². The van der Waals surface area contributed by atoms with Crippen molar-refractivity contribution >= 4 is 11.7 Å². The Kier molecular flexibility index (Phi) is 4.09. The maximum Gasteiger partial charge on any atom is 0.387 e. The van der Waals surface area contributed by atoms with Gasteiger partial charge in [0.25, 0.3) is 5.91 Å². The minimum atomic E-state index is -2.93. The van der Waals surface area contributed by atoms with Gasteiger partial charge in [0.1, 0.15) is 5.75 Å². The molecule has 0 radical (unpaired) electrons. The molecule has 1 fully saturated rings. The van der Waals surface area contributed by atoms with Gasteiger partial charge in [-0.3, -0.25) is 9.59 Å². The van der Waals surface area contributed by atoms with Gasteiger partial charge in [-0.15, -0.1) is 0 Å². The van der Waals surface area contributed by atoms with Gasteiger partial charge in [0.2, 0.25) is 0 Å². The largest absolute Gasteiger partial charge is 0.435 e. The van der Waals surface area contributed by atoms with E-state index in [2.05, 4.69) is 4.74 Å². The number of halogens is 2. The number of ketones is 1. The second kappa shape index (κ2) is 5.77. The van der Waals surface area contributed by atoms with Crippen LogP contribution in [0.2, 0.25) is 0 Å². The lowest BCUT2D eigenvalue weighted by atomic mass is 10.1. The molecular formula is C13H13F2NO3. The predicted molar refractivity (Wildman–Crippen MR) is 63.2 cm³/mol. The fourth-order valence-electron chi connectivity index (χ4n) is 2.00. The van der Waals surface area contributed by atoms with Crippen LogP contribution < -0.4 is 4.74 Å². The SMILES string of the molecule is O=C1CCCN(C(=O)c2cccc(OC(F)F)c2)C1. The highest BCUT2D eigenvalue weighted by molar-refractivity contribution is 5.97. The van der Waals surface area contributed by atoms with Gasteiger partial charge in [-0.25, -0.2) is 0 Å². The van der Waals surface area contributed by atoms with Gasteiger partial charge >= 0.3 is 6.61 Å². The van der Waals surface area contributed by atoms with Gasteiger partial charge < -0.3 is 9.64 Å². The first-order valence-electron chi connectivity index (χ1n) is 5.92. The molecular weight excluding hydrogens is 256 g/mol. The Morgan fingerprint density at radius 2 is 2.16 bits per heavy atom. The van der Waals surface area contributed by atoms with Gasteiger partial charge in [0, 0.05) is 18.5 Å². The summed E-state index contributed by atoms with van der Waals surface area (Å²) in [5.74, 6) is -0.392. The van der Waals surface area contributed by atoms with E-state index in [9.17, 15) is 18.4 Å². The van der Waals surface area contributed by atoms with Crippen LogP contribution in [0.25, 0.3) is 0 Å². The molecule has 1 heterocycles. The highest BCUT2D eigenvalue weighted by Gasteiger charge is 2.22. The third kappa shape index (κ3) is 3.49. The van der Waals surface area contributed by atoms with Crippen LogP contribution in [0.4, 0.5) is 8.78 Å². The number of carbonyl (C=O) groups excluding carboxylic acids is 2. The highest BCUT2D eigenvalue weighted by atomic mass is 19.3. The van der Waals surface area contributed by atoms with Crippen LogP contribution >= 0.6 is 0 Å². The average Bonchev–Trinajstić information content (AvgIpc) is 2.37. The van der Waals surface area contributed by atoms with Crippen LogP contribution in [-0.4, -0.2) is 36.3 Å². The Balaban J connectivity index is 2.12. The van der Waals surface area contributed by atoms with Crippen molar-refractivity contribution in [1.82, 2.24) is 4.90 Å². The quantitative estimate of drug-likeness (QED) is 0.844. The summed E-state index contributed by atoms with van der Waals surface area (Å²) in [6, 6.07) is 5.59. The summed E-state index contributed by atoms with van der Waals surface area (Å²) in [6.07, 6.45) is 1.12. The molecule has 102 valence electrons. The van der Waals surface area contributed by atoms with E-state index in [4.69, 9.17) is 0 Å². The molecule has 0 atom stereocenters. The van der Waals surface area contributed by atoms with Crippen LogP contribution in [0, 0.1) is 0 Å². The van der Waals surface area contributed by atoms with Crippen LogP contribution in [0.15, 0.2) is 24.3 Å². The summed E-state index contributed by atoms with van der Waals surface area (Å²) in [7, 11) is 0. The number of likely N-dealkylation sites (tertiary alicyclic amines) is 1. The summed E-state index contributed by atoms with van der Waals surface area (Å²) < 4.78 is 28.4. The number of nitrogens with zero attached hydrogens (tertiary/aromatic N) is 1. The monoisotopic (exact) mass is 269 g/mol. The molecule has 0 N–H and O–H groups in total. The summed E-state index contributed by atoms with van der Waals surface area (Å²) in [5, 5.41) is 0. The normalized spacial score (nSPS) is 15.7. The molecule has 1 saturated heterocycles. The Morgan fingerprint density at radius 1 is 1.37 bits per heavy atom. The molecule has 0 spiro atoms. The number of hydrogen-bond donors (Lipinski definition) is 0. The summed E-state index contributed by atoms with van der Waals surface area (Å²) in [5.41, 5.74) is 0.243. The molecule has 0 aromatic heterocycles. The molecule has 1 aliphatic rings. The third-order valence-electron chi connectivity index (χ3n) is 2.84. The molecule has 1 aromatic carbocycles. The topological polar surface area (TPSA) is 46.6 Å². The van der Waals surface area contributed by atoms with Crippen molar-refractivity contribution in [2.45, 2.75) is 19.5 Å². The number of carbonyl (C=O) groups is 2. The van der Waals surface area contributed by atoms with E-state index < -0.39 is 6.61 Å². The first-order valence-corrected chi connectivity index (χ1v) is 5.92. The van der Waals surface area contributed by atoms with Gasteiger partial charge in [0.05, 0.1) is 6.54 Å². The molecule has 1 amide bonds. The lowest BCUT2D eigenvalue weighted by Gasteiger charge is -2.25. The number of rotatable bonds is 3. The molecule has 2 rings (SSSR count). The Bertz CT molecular complexity index is 491. The minimum absolute atomic E-state index is 0.0135. The number of ether oxygens (including phenoxy) is 1. The number of Topliss-reactive ketones (excluding diaryl/α,β-unsaturated/α-hetero) is 1. The molecule has 6 heteroatoms. The minimum Gasteiger partial charge on any atom is -0.435 e. The molecule has 19 heavy (non-hydrogen) atoms. The summed E-state index contributed by atoms with van der Waals surface area (Å²) in [6.45, 7) is -2.34. The van der Waals surface area contributed by atoms with Crippen molar-refractivity contribution in [3.8, 4) is 5.75 Å². The molecule has 1 aliphatic heterocycles. The summed E-state index contributed by atoms with van der Waals surface area (Å²) >= 11 is 0. The first-order chi connectivity index (χ1) is 9.06. The van der Waals surface area contributed by atoms with Crippen molar-refractivity contribution in [3.63, 3.8) is 0 Å². The van der Waals surface area contributed by atoms with Gasteiger partial charge in [0.15, 0.2) is 5.78 Å². The number of hydrogen-bond acceptors (Lipinski definition) is 3. The first kappa shape index (κ1) is 13.5. The third-order valence-corrected chi connectivity index (χ3v) is 2.84. The zero-order valence-corrected chi connectivity index (χ0v) is 10.1. The van der Waals surface area contributed by atoms with Crippen molar-refractivity contribution in [2.75, 3.05) is 13.1 Å². The van der Waals surface area contributed by atoms with E-state index in [-0.39, 0.29) is 29.5 Å².